The molecule has 0 radical (unpaired) electrons. The Morgan fingerprint density at radius 2 is 1.79 bits per heavy atom. The highest BCUT2D eigenvalue weighted by atomic mass is 79.9. The smallest absolute Gasteiger partial charge is 0.159 e. The van der Waals surface area contributed by atoms with Crippen molar-refractivity contribution in [1.82, 2.24) is 19.5 Å². The van der Waals surface area contributed by atoms with Gasteiger partial charge in [0.1, 0.15) is 11.3 Å². The lowest BCUT2D eigenvalue weighted by atomic mass is 10.0. The summed E-state index contributed by atoms with van der Waals surface area (Å²) in [5.41, 5.74) is 7.29. The molecule has 5 nitrogen and oxygen atoms in total. The predicted octanol–water partition coefficient (Wildman–Crippen LogP) is 5.86. The Hall–Kier alpha value is -1.95. The fourth-order valence-corrected chi connectivity index (χ4v) is 4.82. The number of aromatic nitrogens is 4. The summed E-state index contributed by atoms with van der Waals surface area (Å²) in [7, 11) is 4.01. The maximum absolute atomic E-state index is 5.08. The van der Waals surface area contributed by atoms with E-state index in [0.717, 1.165) is 57.7 Å². The van der Waals surface area contributed by atoms with Crippen LogP contribution in [0.3, 0.4) is 0 Å². The monoisotopic (exact) mass is 443 g/mol. The molecule has 3 aromatic heterocycles. The quantitative estimate of drug-likeness (QED) is 0.478. The Balaban J connectivity index is 2.24. The number of rotatable bonds is 6. The SMILES string of the molecule is CCc1c(-c2nc3c(C)cn(C(CC)CC)c3nc2C)cnc(N(C)C)c1Br. The molecule has 0 fully saturated rings. The van der Waals surface area contributed by atoms with E-state index in [1.54, 1.807) is 0 Å². The minimum Gasteiger partial charge on any atom is -0.362 e. The third-order valence-electron chi connectivity index (χ3n) is 5.47. The normalized spacial score (nSPS) is 11.6. The predicted molar refractivity (Wildman–Crippen MR) is 121 cm³/mol. The Kier molecular flexibility index (Phi) is 6.08. The van der Waals surface area contributed by atoms with Crippen LogP contribution in [0.15, 0.2) is 16.9 Å². The van der Waals surface area contributed by atoms with Crippen molar-refractivity contribution in [1.29, 1.82) is 0 Å². The summed E-state index contributed by atoms with van der Waals surface area (Å²) in [5.74, 6) is 0.934. The average molecular weight is 444 g/mol. The fourth-order valence-electron chi connectivity index (χ4n) is 3.87. The molecule has 0 aliphatic carbocycles. The highest BCUT2D eigenvalue weighted by Gasteiger charge is 2.20. The molecule has 3 heterocycles. The molecule has 0 saturated carbocycles. The summed E-state index contributed by atoms with van der Waals surface area (Å²) in [6, 6.07) is 0.456. The molecule has 0 amide bonds. The van der Waals surface area contributed by atoms with Gasteiger partial charge in [-0.3, -0.25) is 0 Å². The first-order valence-corrected chi connectivity index (χ1v) is 10.8. The maximum Gasteiger partial charge on any atom is 0.159 e. The van der Waals surface area contributed by atoms with Gasteiger partial charge < -0.3 is 9.47 Å². The molecule has 0 N–H and O–H groups in total. The number of nitrogens with zero attached hydrogens (tertiary/aromatic N) is 5. The Morgan fingerprint density at radius 1 is 1.11 bits per heavy atom. The van der Waals surface area contributed by atoms with E-state index in [1.807, 2.05) is 25.2 Å². The second-order valence-corrected chi connectivity index (χ2v) is 8.35. The summed E-state index contributed by atoms with van der Waals surface area (Å²) in [5, 5.41) is 0. The average Bonchev–Trinajstić information content (AvgIpc) is 2.97. The van der Waals surface area contributed by atoms with Crippen LogP contribution in [0.25, 0.3) is 22.4 Å². The zero-order valence-electron chi connectivity index (χ0n) is 18.0. The molecule has 28 heavy (non-hydrogen) atoms. The van der Waals surface area contributed by atoms with Crippen LogP contribution in [0.1, 0.15) is 56.5 Å². The number of aryl methyl sites for hydroxylation is 2. The minimum atomic E-state index is 0.456. The first-order chi connectivity index (χ1) is 13.3. The van der Waals surface area contributed by atoms with Crippen molar-refractivity contribution in [2.75, 3.05) is 19.0 Å². The van der Waals surface area contributed by atoms with Crippen molar-refractivity contribution in [2.24, 2.45) is 0 Å². The van der Waals surface area contributed by atoms with Crippen molar-refractivity contribution in [2.45, 2.75) is 59.9 Å². The Morgan fingerprint density at radius 3 is 2.36 bits per heavy atom. The van der Waals surface area contributed by atoms with Crippen LogP contribution in [0, 0.1) is 13.8 Å². The molecule has 0 saturated heterocycles. The van der Waals surface area contributed by atoms with Crippen LogP contribution in [0.4, 0.5) is 5.82 Å². The Bertz CT molecular complexity index is 1000. The van der Waals surface area contributed by atoms with Crippen LogP contribution < -0.4 is 4.90 Å². The van der Waals surface area contributed by atoms with Gasteiger partial charge in [0.25, 0.3) is 0 Å². The van der Waals surface area contributed by atoms with Crippen LogP contribution in [0.5, 0.6) is 0 Å². The lowest BCUT2D eigenvalue weighted by Crippen LogP contribution is -2.13. The van der Waals surface area contributed by atoms with E-state index in [0.29, 0.717) is 6.04 Å². The molecule has 0 unspecified atom stereocenters. The first-order valence-electron chi connectivity index (χ1n) is 10.0. The van der Waals surface area contributed by atoms with Crippen molar-refractivity contribution in [3.05, 3.63) is 33.7 Å². The van der Waals surface area contributed by atoms with E-state index in [1.165, 1.54) is 11.1 Å². The molecule has 150 valence electrons. The molecule has 3 rings (SSSR count). The summed E-state index contributed by atoms with van der Waals surface area (Å²) >= 11 is 3.76. The van der Waals surface area contributed by atoms with Crippen LogP contribution >= 0.6 is 15.9 Å². The molecule has 0 aliphatic heterocycles. The van der Waals surface area contributed by atoms with E-state index in [-0.39, 0.29) is 0 Å². The zero-order valence-corrected chi connectivity index (χ0v) is 19.6. The van der Waals surface area contributed by atoms with Gasteiger partial charge in [-0.25, -0.2) is 15.0 Å². The highest BCUT2D eigenvalue weighted by molar-refractivity contribution is 9.10. The number of halogens is 1. The molecule has 3 aromatic rings. The van der Waals surface area contributed by atoms with Crippen LogP contribution in [0.2, 0.25) is 0 Å². The molecule has 0 aromatic carbocycles. The molecule has 6 heteroatoms. The van der Waals surface area contributed by atoms with E-state index in [9.17, 15) is 0 Å². The zero-order chi connectivity index (χ0) is 20.6. The first kappa shape index (κ1) is 20.8. The standard InChI is InChI=1S/C22H30BrN5/c1-8-15(9-2)28-12-13(4)19-22(28)25-14(5)20(26-19)17-11-24-21(27(6)7)18(23)16(17)10-3/h11-12,15H,8-10H2,1-7H3. The third-order valence-corrected chi connectivity index (χ3v) is 6.31. The molecular formula is C22H30BrN5. The van der Waals surface area contributed by atoms with Gasteiger partial charge in [0.2, 0.25) is 0 Å². The molecule has 0 spiro atoms. The number of fused-ring (bicyclic) bond motifs is 1. The van der Waals surface area contributed by atoms with E-state index < -0.39 is 0 Å². The molecule has 0 atom stereocenters. The van der Waals surface area contributed by atoms with Gasteiger partial charge in [-0.05, 0) is 60.2 Å². The fraction of sp³-hybridized carbons (Fsp3) is 0.500. The van der Waals surface area contributed by atoms with Crippen molar-refractivity contribution in [3.63, 3.8) is 0 Å². The summed E-state index contributed by atoms with van der Waals surface area (Å²) in [6.45, 7) is 10.8. The van der Waals surface area contributed by atoms with Crippen LogP contribution in [-0.2, 0) is 6.42 Å². The molecular weight excluding hydrogens is 414 g/mol. The second-order valence-electron chi connectivity index (χ2n) is 7.56. The van der Waals surface area contributed by atoms with Gasteiger partial charge in [-0.2, -0.15) is 0 Å². The number of anilines is 1. The lowest BCUT2D eigenvalue weighted by Gasteiger charge is -2.19. The van der Waals surface area contributed by atoms with Gasteiger partial charge in [-0.15, -0.1) is 0 Å². The van der Waals surface area contributed by atoms with Crippen molar-refractivity contribution >= 4 is 32.9 Å². The summed E-state index contributed by atoms with van der Waals surface area (Å²) in [4.78, 5) is 16.8. The topological polar surface area (TPSA) is 46.8 Å². The minimum absolute atomic E-state index is 0.456. The number of pyridine rings is 1. The van der Waals surface area contributed by atoms with Gasteiger partial charge in [0.15, 0.2) is 5.65 Å². The maximum atomic E-state index is 5.08. The Labute approximate surface area is 176 Å². The van der Waals surface area contributed by atoms with Gasteiger partial charge in [0, 0.05) is 38.1 Å². The van der Waals surface area contributed by atoms with Gasteiger partial charge >= 0.3 is 0 Å². The van der Waals surface area contributed by atoms with Crippen molar-refractivity contribution in [3.8, 4) is 11.3 Å². The highest BCUT2D eigenvalue weighted by Crippen LogP contribution is 2.36. The lowest BCUT2D eigenvalue weighted by molar-refractivity contribution is 0.482. The molecule has 0 bridgehead atoms. The molecule has 0 aliphatic rings. The van der Waals surface area contributed by atoms with Gasteiger partial charge in [0.05, 0.1) is 15.9 Å². The second kappa shape index (κ2) is 8.19. The number of hydrogen-bond acceptors (Lipinski definition) is 4. The van der Waals surface area contributed by atoms with Crippen LogP contribution in [-0.4, -0.2) is 33.6 Å². The van der Waals surface area contributed by atoms with E-state index >= 15 is 0 Å². The summed E-state index contributed by atoms with van der Waals surface area (Å²) in [6.07, 6.45) is 7.22. The van der Waals surface area contributed by atoms with Crippen molar-refractivity contribution < 1.29 is 0 Å². The van der Waals surface area contributed by atoms with E-state index in [4.69, 9.17) is 9.97 Å². The van der Waals surface area contributed by atoms with Gasteiger partial charge in [-0.1, -0.05) is 20.8 Å². The third kappa shape index (κ3) is 3.43. The van der Waals surface area contributed by atoms with E-state index in [2.05, 4.69) is 66.3 Å². The number of hydrogen-bond donors (Lipinski definition) is 0. The largest absolute Gasteiger partial charge is 0.362 e. The summed E-state index contributed by atoms with van der Waals surface area (Å²) < 4.78 is 3.34.